The highest BCUT2D eigenvalue weighted by Crippen LogP contribution is 2.23. The van der Waals surface area contributed by atoms with Gasteiger partial charge in [0.2, 0.25) is 0 Å². The van der Waals surface area contributed by atoms with Gasteiger partial charge in [-0.2, -0.15) is 16.7 Å². The fourth-order valence-electron chi connectivity index (χ4n) is 1.50. The minimum atomic E-state index is -0.457. The smallest absolute Gasteiger partial charge is 0.295 e. The third-order valence-electron chi connectivity index (χ3n) is 2.34. The van der Waals surface area contributed by atoms with Crippen molar-refractivity contribution in [1.82, 2.24) is 4.98 Å². The first-order valence-electron chi connectivity index (χ1n) is 5.68. The van der Waals surface area contributed by atoms with Gasteiger partial charge in [-0.05, 0) is 6.07 Å². The second-order valence-corrected chi connectivity index (χ2v) is 4.87. The summed E-state index contributed by atoms with van der Waals surface area (Å²) in [6.07, 6.45) is 1.85. The van der Waals surface area contributed by atoms with E-state index < -0.39 is 4.92 Å². The van der Waals surface area contributed by atoms with Gasteiger partial charge in [-0.15, -0.1) is 6.58 Å². The Morgan fingerprint density at radius 2 is 2.42 bits per heavy atom. The summed E-state index contributed by atoms with van der Waals surface area (Å²) in [5.74, 6) is 1.81. The highest BCUT2D eigenvalue weighted by molar-refractivity contribution is 7.99. The van der Waals surface area contributed by atoms with Crippen molar-refractivity contribution in [1.29, 1.82) is 0 Å². The highest BCUT2D eigenvalue weighted by Gasteiger charge is 2.11. The number of hydrogen-bond acceptors (Lipinski definition) is 6. The van der Waals surface area contributed by atoms with Crippen molar-refractivity contribution in [2.24, 2.45) is 0 Å². The first kappa shape index (κ1) is 13.4. The number of anilines is 1. The molecule has 0 atom stereocenters. The molecule has 0 unspecified atom stereocenters. The Kier molecular flexibility index (Phi) is 4.40. The van der Waals surface area contributed by atoms with Crippen LogP contribution in [-0.2, 0) is 0 Å². The molecule has 0 amide bonds. The summed E-state index contributed by atoms with van der Waals surface area (Å²) in [7, 11) is 0. The number of benzene rings is 1. The number of rotatable bonds is 7. The van der Waals surface area contributed by atoms with Gasteiger partial charge >= 0.3 is 0 Å². The lowest BCUT2D eigenvalue weighted by atomic mass is 10.3. The molecule has 7 heteroatoms. The molecular formula is C12H13N3O3S. The summed E-state index contributed by atoms with van der Waals surface area (Å²) < 4.78 is 5.41. The highest BCUT2D eigenvalue weighted by atomic mass is 32.2. The van der Waals surface area contributed by atoms with Crippen LogP contribution in [0.15, 0.2) is 35.3 Å². The first-order chi connectivity index (χ1) is 9.20. The topological polar surface area (TPSA) is 81.2 Å². The zero-order chi connectivity index (χ0) is 13.7. The Morgan fingerprint density at radius 3 is 3.16 bits per heavy atom. The van der Waals surface area contributed by atoms with Crippen LogP contribution in [0, 0.1) is 10.1 Å². The molecule has 2 aromatic rings. The predicted molar refractivity (Wildman–Crippen MR) is 76.7 cm³/mol. The molecule has 100 valence electrons. The Labute approximate surface area is 114 Å². The summed E-state index contributed by atoms with van der Waals surface area (Å²) in [6.45, 7) is 4.36. The lowest BCUT2D eigenvalue weighted by Crippen LogP contribution is -2.04. The molecule has 1 heterocycles. The van der Waals surface area contributed by atoms with Crippen molar-refractivity contribution in [2.45, 2.75) is 0 Å². The Balaban J connectivity index is 2.00. The maximum absolute atomic E-state index is 10.6. The zero-order valence-electron chi connectivity index (χ0n) is 10.2. The summed E-state index contributed by atoms with van der Waals surface area (Å²) in [4.78, 5) is 14.4. The minimum absolute atomic E-state index is 0.00302. The van der Waals surface area contributed by atoms with Crippen molar-refractivity contribution in [3.05, 3.63) is 41.0 Å². The number of oxazole rings is 1. The predicted octanol–water partition coefficient (Wildman–Crippen LogP) is 3.07. The van der Waals surface area contributed by atoms with Crippen LogP contribution >= 0.6 is 11.8 Å². The van der Waals surface area contributed by atoms with Gasteiger partial charge in [0.25, 0.3) is 11.7 Å². The molecule has 1 aromatic carbocycles. The number of non-ortho nitro benzene ring substituents is 1. The molecule has 1 N–H and O–H groups in total. The average molecular weight is 279 g/mol. The van der Waals surface area contributed by atoms with E-state index in [2.05, 4.69) is 16.9 Å². The number of nitrogens with zero attached hydrogens (tertiary/aromatic N) is 2. The van der Waals surface area contributed by atoms with E-state index in [1.807, 2.05) is 6.08 Å². The third kappa shape index (κ3) is 3.47. The number of hydrogen-bond donors (Lipinski definition) is 1. The Morgan fingerprint density at radius 1 is 1.58 bits per heavy atom. The number of thioether (sulfide) groups is 1. The van der Waals surface area contributed by atoms with Crippen LogP contribution in [0.1, 0.15) is 0 Å². The van der Waals surface area contributed by atoms with Crippen LogP contribution in [0.2, 0.25) is 0 Å². The second-order valence-electron chi connectivity index (χ2n) is 3.72. The van der Waals surface area contributed by atoms with Gasteiger partial charge in [0.1, 0.15) is 5.52 Å². The SMILES string of the molecule is C=CCSCCNc1nc2ccc([N+](=O)[O-])cc2o1. The van der Waals surface area contributed by atoms with Crippen LogP contribution < -0.4 is 5.32 Å². The van der Waals surface area contributed by atoms with E-state index in [1.165, 1.54) is 12.1 Å². The van der Waals surface area contributed by atoms with E-state index in [0.717, 1.165) is 11.5 Å². The van der Waals surface area contributed by atoms with Crippen LogP contribution in [0.5, 0.6) is 0 Å². The quantitative estimate of drug-likeness (QED) is 0.363. The molecule has 0 aliphatic rings. The fraction of sp³-hybridized carbons (Fsp3) is 0.250. The van der Waals surface area contributed by atoms with Crippen LogP contribution in [0.25, 0.3) is 11.1 Å². The molecular weight excluding hydrogens is 266 g/mol. The first-order valence-corrected chi connectivity index (χ1v) is 6.83. The average Bonchev–Trinajstić information content (AvgIpc) is 2.80. The van der Waals surface area contributed by atoms with Gasteiger partial charge in [-0.1, -0.05) is 6.08 Å². The molecule has 2 rings (SSSR count). The van der Waals surface area contributed by atoms with Gasteiger partial charge in [0, 0.05) is 24.1 Å². The molecule has 0 fully saturated rings. The molecule has 1 aromatic heterocycles. The van der Waals surface area contributed by atoms with E-state index in [9.17, 15) is 10.1 Å². The van der Waals surface area contributed by atoms with E-state index in [1.54, 1.807) is 17.8 Å². The molecule has 0 radical (unpaired) electrons. The molecule has 0 aliphatic heterocycles. The molecule has 19 heavy (non-hydrogen) atoms. The lowest BCUT2D eigenvalue weighted by molar-refractivity contribution is -0.384. The maximum atomic E-state index is 10.6. The number of fused-ring (bicyclic) bond motifs is 1. The molecule has 0 bridgehead atoms. The van der Waals surface area contributed by atoms with Gasteiger partial charge in [-0.25, -0.2) is 0 Å². The molecule has 0 spiro atoms. The monoisotopic (exact) mass is 279 g/mol. The van der Waals surface area contributed by atoms with Crippen LogP contribution in [0.3, 0.4) is 0 Å². The molecule has 0 aliphatic carbocycles. The normalized spacial score (nSPS) is 10.5. The standard InChI is InChI=1S/C12H13N3O3S/c1-2-6-19-7-5-13-12-14-10-4-3-9(15(16)17)8-11(10)18-12/h2-4,8H,1,5-7H2,(H,13,14). The van der Waals surface area contributed by atoms with Gasteiger partial charge in [0.15, 0.2) is 5.58 Å². The zero-order valence-corrected chi connectivity index (χ0v) is 11.0. The Hall–Kier alpha value is -2.02. The number of aromatic nitrogens is 1. The molecule has 6 nitrogen and oxygen atoms in total. The Bertz CT molecular complexity index is 597. The largest absolute Gasteiger partial charge is 0.423 e. The number of nitrogens with one attached hydrogen (secondary N) is 1. The summed E-state index contributed by atoms with van der Waals surface area (Å²) in [5.41, 5.74) is 1.01. The van der Waals surface area contributed by atoms with Crippen molar-refractivity contribution in [3.8, 4) is 0 Å². The fourth-order valence-corrected chi connectivity index (χ4v) is 2.08. The van der Waals surface area contributed by atoms with Crippen LogP contribution in [0.4, 0.5) is 11.7 Å². The molecule has 0 saturated carbocycles. The van der Waals surface area contributed by atoms with Gasteiger partial charge in [0.05, 0.1) is 11.0 Å². The van der Waals surface area contributed by atoms with Crippen molar-refractivity contribution < 1.29 is 9.34 Å². The third-order valence-corrected chi connectivity index (χ3v) is 3.31. The van der Waals surface area contributed by atoms with Crippen LogP contribution in [-0.4, -0.2) is 28.0 Å². The van der Waals surface area contributed by atoms with Gasteiger partial charge < -0.3 is 9.73 Å². The number of nitro benzene ring substituents is 1. The minimum Gasteiger partial charge on any atom is -0.423 e. The summed E-state index contributed by atoms with van der Waals surface area (Å²) >= 11 is 1.75. The van der Waals surface area contributed by atoms with E-state index in [0.29, 0.717) is 23.7 Å². The summed E-state index contributed by atoms with van der Waals surface area (Å²) in [6, 6.07) is 4.75. The number of nitro groups is 1. The van der Waals surface area contributed by atoms with E-state index >= 15 is 0 Å². The van der Waals surface area contributed by atoms with Gasteiger partial charge in [-0.3, -0.25) is 10.1 Å². The van der Waals surface area contributed by atoms with Crippen molar-refractivity contribution in [2.75, 3.05) is 23.4 Å². The lowest BCUT2D eigenvalue weighted by Gasteiger charge is -1.99. The second kappa shape index (κ2) is 6.24. The maximum Gasteiger partial charge on any atom is 0.295 e. The van der Waals surface area contributed by atoms with Crippen molar-refractivity contribution in [3.63, 3.8) is 0 Å². The van der Waals surface area contributed by atoms with Crippen molar-refractivity contribution >= 4 is 34.6 Å². The molecule has 0 saturated heterocycles. The van der Waals surface area contributed by atoms with E-state index in [-0.39, 0.29) is 5.69 Å². The summed E-state index contributed by atoms with van der Waals surface area (Å²) in [5, 5.41) is 13.7. The van der Waals surface area contributed by atoms with E-state index in [4.69, 9.17) is 4.42 Å².